The summed E-state index contributed by atoms with van der Waals surface area (Å²) in [6.07, 6.45) is 0.716. The Bertz CT molecular complexity index is 442. The van der Waals surface area contributed by atoms with Gasteiger partial charge in [-0.2, -0.15) is 0 Å². The molecule has 2 rings (SSSR count). The number of carboxylic acids is 1. The van der Waals surface area contributed by atoms with Crippen LogP contribution in [-0.4, -0.2) is 23.0 Å². The number of aliphatic carboxylic acids is 1. The molecule has 1 aliphatic carbocycles. The highest BCUT2D eigenvalue weighted by Crippen LogP contribution is 2.37. The van der Waals surface area contributed by atoms with Gasteiger partial charge in [0.1, 0.15) is 6.04 Å². The largest absolute Gasteiger partial charge is 0.480 e. The lowest BCUT2D eigenvalue weighted by Crippen LogP contribution is -2.47. The average Bonchev–Trinajstić information content (AvgIpc) is 2.17. The molecule has 0 bridgehead atoms. The highest BCUT2D eigenvalue weighted by atomic mass is 16.4. The number of carboxylic acid groups (broad SMARTS) is 1. The molecule has 1 aliphatic rings. The van der Waals surface area contributed by atoms with Gasteiger partial charge in [0.15, 0.2) is 0 Å². The molecule has 4 heteroatoms. The van der Waals surface area contributed by atoms with Crippen molar-refractivity contribution >= 4 is 11.9 Å². The van der Waals surface area contributed by atoms with Crippen molar-refractivity contribution in [3.05, 3.63) is 35.4 Å². The minimum atomic E-state index is -0.977. The molecule has 2 atom stereocenters. The number of nitrogens with one attached hydrogen (secondary N) is 1. The second kappa shape index (κ2) is 3.96. The summed E-state index contributed by atoms with van der Waals surface area (Å²) >= 11 is 0. The molecule has 1 amide bonds. The zero-order chi connectivity index (χ0) is 11.7. The number of hydrogen-bond donors (Lipinski definition) is 2. The fraction of sp³-hybridized carbons (Fsp3) is 0.333. The van der Waals surface area contributed by atoms with Crippen molar-refractivity contribution in [2.45, 2.75) is 25.3 Å². The normalized spacial score (nSPS) is 19.2. The maximum atomic E-state index is 11.1. The third kappa shape index (κ3) is 1.78. The zero-order valence-corrected chi connectivity index (χ0v) is 8.93. The van der Waals surface area contributed by atoms with Gasteiger partial charge < -0.3 is 10.4 Å². The first kappa shape index (κ1) is 10.7. The Morgan fingerprint density at radius 3 is 2.69 bits per heavy atom. The number of benzene rings is 1. The molecule has 16 heavy (non-hydrogen) atoms. The predicted molar refractivity (Wildman–Crippen MR) is 58.1 cm³/mol. The molecular formula is C12H13NO3. The molecule has 0 aromatic heterocycles. The number of fused-ring (bicyclic) bond motifs is 1. The van der Waals surface area contributed by atoms with Gasteiger partial charge in [0.25, 0.3) is 0 Å². The van der Waals surface area contributed by atoms with Crippen LogP contribution in [-0.2, 0) is 16.0 Å². The maximum absolute atomic E-state index is 11.1. The van der Waals surface area contributed by atoms with Gasteiger partial charge in [0.2, 0.25) is 5.91 Å². The summed E-state index contributed by atoms with van der Waals surface area (Å²) in [6, 6.07) is 6.91. The Morgan fingerprint density at radius 1 is 1.44 bits per heavy atom. The molecule has 0 aliphatic heterocycles. The Morgan fingerprint density at radius 2 is 2.12 bits per heavy atom. The summed E-state index contributed by atoms with van der Waals surface area (Å²) in [5.41, 5.74) is 2.20. The van der Waals surface area contributed by atoms with E-state index in [1.807, 2.05) is 24.3 Å². The Hall–Kier alpha value is -1.84. The first-order valence-electron chi connectivity index (χ1n) is 5.17. The molecule has 0 fully saturated rings. The van der Waals surface area contributed by atoms with Crippen molar-refractivity contribution in [3.63, 3.8) is 0 Å². The van der Waals surface area contributed by atoms with Crippen molar-refractivity contribution < 1.29 is 14.7 Å². The summed E-state index contributed by atoms with van der Waals surface area (Å²) in [6.45, 7) is 1.33. The third-order valence-electron chi connectivity index (χ3n) is 2.92. The smallest absolute Gasteiger partial charge is 0.326 e. The van der Waals surface area contributed by atoms with Gasteiger partial charge in [0, 0.05) is 12.8 Å². The molecular weight excluding hydrogens is 206 g/mol. The van der Waals surface area contributed by atoms with Crippen LogP contribution in [0.3, 0.4) is 0 Å². The molecule has 0 unspecified atom stereocenters. The van der Waals surface area contributed by atoms with E-state index in [1.54, 1.807) is 0 Å². The van der Waals surface area contributed by atoms with E-state index in [4.69, 9.17) is 5.11 Å². The second-order valence-electron chi connectivity index (χ2n) is 4.03. The lowest BCUT2D eigenvalue weighted by atomic mass is 9.73. The first-order chi connectivity index (χ1) is 7.59. The molecule has 0 heterocycles. The molecule has 0 saturated carbocycles. The number of hydrogen-bond acceptors (Lipinski definition) is 2. The fourth-order valence-corrected chi connectivity index (χ4v) is 2.15. The van der Waals surface area contributed by atoms with Crippen molar-refractivity contribution in [1.82, 2.24) is 5.32 Å². The van der Waals surface area contributed by atoms with Crippen molar-refractivity contribution in [2.24, 2.45) is 0 Å². The minimum absolute atomic E-state index is 0.0994. The predicted octanol–water partition coefficient (Wildman–Crippen LogP) is 0.916. The molecule has 1 aromatic carbocycles. The number of carbonyl (C=O) groups is 2. The highest BCUT2D eigenvalue weighted by molar-refractivity contribution is 5.83. The van der Waals surface area contributed by atoms with Gasteiger partial charge in [0.05, 0.1) is 0 Å². The lowest BCUT2D eigenvalue weighted by molar-refractivity contribution is -0.142. The molecule has 0 saturated heterocycles. The molecule has 0 radical (unpaired) electrons. The Balaban J connectivity index is 2.19. The SMILES string of the molecule is CC(=O)N[C@@H](C(=O)O)[C@@H]1Cc2ccccc21. The maximum Gasteiger partial charge on any atom is 0.326 e. The van der Waals surface area contributed by atoms with E-state index in [9.17, 15) is 9.59 Å². The van der Waals surface area contributed by atoms with Gasteiger partial charge in [-0.15, -0.1) is 0 Å². The van der Waals surface area contributed by atoms with E-state index in [1.165, 1.54) is 12.5 Å². The summed E-state index contributed by atoms with van der Waals surface area (Å²) in [4.78, 5) is 22.0. The summed E-state index contributed by atoms with van der Waals surface area (Å²) in [7, 11) is 0. The zero-order valence-electron chi connectivity index (χ0n) is 8.93. The van der Waals surface area contributed by atoms with Crippen LogP contribution >= 0.6 is 0 Å². The van der Waals surface area contributed by atoms with Gasteiger partial charge in [-0.3, -0.25) is 4.79 Å². The second-order valence-corrected chi connectivity index (χ2v) is 4.03. The molecule has 2 N–H and O–H groups in total. The van der Waals surface area contributed by atoms with Crippen LogP contribution in [0.1, 0.15) is 24.0 Å². The molecule has 0 spiro atoms. The van der Waals surface area contributed by atoms with Crippen LogP contribution in [0, 0.1) is 0 Å². The topological polar surface area (TPSA) is 66.4 Å². The quantitative estimate of drug-likeness (QED) is 0.794. The van der Waals surface area contributed by atoms with E-state index in [0.29, 0.717) is 6.42 Å². The van der Waals surface area contributed by atoms with E-state index >= 15 is 0 Å². The van der Waals surface area contributed by atoms with Crippen molar-refractivity contribution in [3.8, 4) is 0 Å². The van der Waals surface area contributed by atoms with Crippen molar-refractivity contribution in [2.75, 3.05) is 0 Å². The van der Waals surface area contributed by atoms with Crippen LogP contribution < -0.4 is 5.32 Å². The van der Waals surface area contributed by atoms with E-state index in [-0.39, 0.29) is 11.8 Å². The van der Waals surface area contributed by atoms with Gasteiger partial charge in [-0.25, -0.2) is 4.79 Å². The van der Waals surface area contributed by atoms with Crippen LogP contribution in [0.25, 0.3) is 0 Å². The van der Waals surface area contributed by atoms with Gasteiger partial charge >= 0.3 is 5.97 Å². The summed E-state index contributed by atoms with van der Waals surface area (Å²) in [5, 5.41) is 11.6. The van der Waals surface area contributed by atoms with Crippen LogP contribution in [0.2, 0.25) is 0 Å². The van der Waals surface area contributed by atoms with Crippen LogP contribution in [0.4, 0.5) is 0 Å². The summed E-state index contributed by atoms with van der Waals surface area (Å²) < 4.78 is 0. The number of amides is 1. The van der Waals surface area contributed by atoms with Gasteiger partial charge in [-0.05, 0) is 17.5 Å². The standard InChI is InChI=1S/C12H13NO3/c1-7(14)13-11(12(15)16)10-6-8-4-2-3-5-9(8)10/h2-5,10-11H,6H2,1H3,(H,13,14)(H,15,16)/t10-,11-/m1/s1. The van der Waals surface area contributed by atoms with Gasteiger partial charge in [-0.1, -0.05) is 24.3 Å². The van der Waals surface area contributed by atoms with E-state index < -0.39 is 12.0 Å². The Kier molecular flexibility index (Phi) is 2.64. The minimum Gasteiger partial charge on any atom is -0.480 e. The van der Waals surface area contributed by atoms with Crippen molar-refractivity contribution in [1.29, 1.82) is 0 Å². The van der Waals surface area contributed by atoms with E-state index in [0.717, 1.165) is 5.56 Å². The fourth-order valence-electron chi connectivity index (χ4n) is 2.15. The molecule has 4 nitrogen and oxygen atoms in total. The summed E-state index contributed by atoms with van der Waals surface area (Å²) in [5.74, 6) is -1.39. The average molecular weight is 219 g/mol. The highest BCUT2D eigenvalue weighted by Gasteiger charge is 2.37. The molecule has 84 valence electrons. The Labute approximate surface area is 93.3 Å². The number of carbonyl (C=O) groups excluding carboxylic acids is 1. The first-order valence-corrected chi connectivity index (χ1v) is 5.17. The number of rotatable bonds is 3. The lowest BCUT2D eigenvalue weighted by Gasteiger charge is -2.34. The van der Waals surface area contributed by atoms with Crippen LogP contribution in [0.5, 0.6) is 0 Å². The monoisotopic (exact) mass is 219 g/mol. The third-order valence-corrected chi connectivity index (χ3v) is 2.92. The van der Waals surface area contributed by atoms with Crippen LogP contribution in [0.15, 0.2) is 24.3 Å². The molecule has 1 aromatic rings. The van der Waals surface area contributed by atoms with E-state index in [2.05, 4.69) is 5.32 Å².